The molecule has 0 aromatic heterocycles. The second-order valence-electron chi connectivity index (χ2n) is 6.28. The SMILES string of the molecule is COc1cccc(C(=O)CCC(=O)NCCS(=O)(=O)N2CCCCC2)c1. The Bertz CT molecular complexity index is 727. The molecule has 0 aliphatic carbocycles. The van der Waals surface area contributed by atoms with Crippen molar-refractivity contribution in [1.82, 2.24) is 9.62 Å². The van der Waals surface area contributed by atoms with Crippen LogP contribution in [0, 0.1) is 0 Å². The van der Waals surface area contributed by atoms with Gasteiger partial charge in [-0.25, -0.2) is 12.7 Å². The van der Waals surface area contributed by atoms with Crippen LogP contribution in [0.3, 0.4) is 0 Å². The van der Waals surface area contributed by atoms with E-state index in [4.69, 9.17) is 4.74 Å². The van der Waals surface area contributed by atoms with Crippen molar-refractivity contribution in [3.05, 3.63) is 29.8 Å². The van der Waals surface area contributed by atoms with E-state index in [2.05, 4.69) is 5.32 Å². The van der Waals surface area contributed by atoms with Gasteiger partial charge in [0.05, 0.1) is 12.9 Å². The summed E-state index contributed by atoms with van der Waals surface area (Å²) in [6.45, 7) is 1.18. The highest BCUT2D eigenvalue weighted by atomic mass is 32.2. The van der Waals surface area contributed by atoms with Crippen LogP contribution in [0.4, 0.5) is 0 Å². The Kier molecular flexibility index (Phi) is 7.59. The van der Waals surface area contributed by atoms with Crippen LogP contribution in [0.1, 0.15) is 42.5 Å². The number of hydrogen-bond donors (Lipinski definition) is 1. The van der Waals surface area contributed by atoms with Gasteiger partial charge in [-0.1, -0.05) is 18.6 Å². The lowest BCUT2D eigenvalue weighted by atomic mass is 10.1. The predicted molar refractivity (Wildman–Crippen MR) is 98.8 cm³/mol. The lowest BCUT2D eigenvalue weighted by Crippen LogP contribution is -2.40. The normalized spacial score (nSPS) is 15.4. The first-order chi connectivity index (χ1) is 12.4. The third-order valence-electron chi connectivity index (χ3n) is 4.36. The lowest BCUT2D eigenvalue weighted by molar-refractivity contribution is -0.120. The van der Waals surface area contributed by atoms with Crippen LogP contribution >= 0.6 is 0 Å². The minimum Gasteiger partial charge on any atom is -0.497 e. The first-order valence-electron chi connectivity index (χ1n) is 8.84. The van der Waals surface area contributed by atoms with Gasteiger partial charge < -0.3 is 10.1 Å². The molecule has 1 amide bonds. The van der Waals surface area contributed by atoms with E-state index in [9.17, 15) is 18.0 Å². The molecule has 0 atom stereocenters. The second kappa shape index (κ2) is 9.68. The quantitative estimate of drug-likeness (QED) is 0.655. The van der Waals surface area contributed by atoms with Crippen molar-refractivity contribution in [3.63, 3.8) is 0 Å². The van der Waals surface area contributed by atoms with Crippen LogP contribution in [-0.2, 0) is 14.8 Å². The van der Waals surface area contributed by atoms with Crippen molar-refractivity contribution < 1.29 is 22.7 Å². The summed E-state index contributed by atoms with van der Waals surface area (Å²) in [5.74, 6) is 0.000975. The maximum atomic E-state index is 12.2. The third-order valence-corrected chi connectivity index (χ3v) is 6.23. The van der Waals surface area contributed by atoms with Crippen molar-refractivity contribution >= 4 is 21.7 Å². The van der Waals surface area contributed by atoms with Gasteiger partial charge in [-0.15, -0.1) is 0 Å². The first kappa shape index (κ1) is 20.4. The van der Waals surface area contributed by atoms with E-state index in [-0.39, 0.29) is 36.8 Å². The summed E-state index contributed by atoms with van der Waals surface area (Å²) < 4.78 is 30.9. The van der Waals surface area contributed by atoms with Crippen LogP contribution in [0.2, 0.25) is 0 Å². The number of benzene rings is 1. The largest absolute Gasteiger partial charge is 0.497 e. The van der Waals surface area contributed by atoms with Crippen molar-refractivity contribution in [2.24, 2.45) is 0 Å². The number of nitrogens with one attached hydrogen (secondary N) is 1. The molecule has 2 rings (SSSR count). The molecule has 8 heteroatoms. The summed E-state index contributed by atoms with van der Waals surface area (Å²) in [6, 6.07) is 6.77. The Morgan fingerprint density at radius 3 is 2.58 bits per heavy atom. The lowest BCUT2D eigenvalue weighted by Gasteiger charge is -2.25. The van der Waals surface area contributed by atoms with Gasteiger partial charge in [0.15, 0.2) is 5.78 Å². The van der Waals surface area contributed by atoms with Crippen molar-refractivity contribution in [3.8, 4) is 5.75 Å². The monoisotopic (exact) mass is 382 g/mol. The number of ether oxygens (including phenoxy) is 1. The van der Waals surface area contributed by atoms with E-state index < -0.39 is 10.0 Å². The number of sulfonamides is 1. The minimum absolute atomic E-state index is 0.0276. The predicted octanol–water partition coefficient (Wildman–Crippen LogP) is 1.59. The Labute approximate surface area is 154 Å². The highest BCUT2D eigenvalue weighted by molar-refractivity contribution is 7.89. The Hall–Kier alpha value is -1.93. The Morgan fingerprint density at radius 2 is 1.88 bits per heavy atom. The molecule has 1 aliphatic heterocycles. The number of carbonyl (C=O) groups is 2. The van der Waals surface area contributed by atoms with Gasteiger partial charge in [0.2, 0.25) is 15.9 Å². The molecule has 1 aromatic carbocycles. The molecule has 1 aliphatic rings. The Balaban J connectivity index is 1.72. The molecule has 0 unspecified atom stereocenters. The summed E-state index contributed by atoms with van der Waals surface area (Å²) in [5, 5.41) is 2.59. The number of amides is 1. The molecule has 0 radical (unpaired) electrons. The van der Waals surface area contributed by atoms with Gasteiger partial charge in [0.1, 0.15) is 5.75 Å². The maximum Gasteiger partial charge on any atom is 0.220 e. The number of nitrogens with zero attached hydrogens (tertiary/aromatic N) is 1. The molecule has 1 saturated heterocycles. The fourth-order valence-electron chi connectivity index (χ4n) is 2.85. The highest BCUT2D eigenvalue weighted by Gasteiger charge is 2.23. The minimum atomic E-state index is -3.32. The summed E-state index contributed by atoms with van der Waals surface area (Å²) in [6.07, 6.45) is 2.93. The van der Waals surface area contributed by atoms with Crippen molar-refractivity contribution in [2.45, 2.75) is 32.1 Å². The number of hydrogen-bond acceptors (Lipinski definition) is 5. The molecule has 0 spiro atoms. The van der Waals surface area contributed by atoms with Crippen molar-refractivity contribution in [1.29, 1.82) is 0 Å². The Morgan fingerprint density at radius 1 is 1.15 bits per heavy atom. The number of Topliss-reactive ketones (excluding diaryl/α,β-unsaturated/α-hetero) is 1. The number of ketones is 1. The van der Waals surface area contributed by atoms with Crippen LogP contribution < -0.4 is 10.1 Å². The summed E-state index contributed by atoms with van der Waals surface area (Å²) in [7, 11) is -1.80. The van der Waals surface area contributed by atoms with E-state index in [0.717, 1.165) is 19.3 Å². The molecule has 0 bridgehead atoms. The number of piperidine rings is 1. The van der Waals surface area contributed by atoms with Crippen LogP contribution in [0.15, 0.2) is 24.3 Å². The third kappa shape index (κ3) is 6.10. The van der Waals surface area contributed by atoms with Gasteiger partial charge in [0, 0.05) is 38.0 Å². The smallest absolute Gasteiger partial charge is 0.220 e. The molecule has 1 aromatic rings. The average Bonchev–Trinajstić information content (AvgIpc) is 2.66. The molecule has 1 N–H and O–H groups in total. The first-order valence-corrected chi connectivity index (χ1v) is 10.4. The van der Waals surface area contributed by atoms with Crippen molar-refractivity contribution in [2.75, 3.05) is 32.5 Å². The fraction of sp³-hybridized carbons (Fsp3) is 0.556. The van der Waals surface area contributed by atoms with Gasteiger partial charge in [-0.2, -0.15) is 0 Å². The van der Waals surface area contributed by atoms with Gasteiger partial charge in [-0.05, 0) is 25.0 Å². The molecule has 7 nitrogen and oxygen atoms in total. The van der Waals surface area contributed by atoms with E-state index in [1.54, 1.807) is 24.3 Å². The number of carbonyl (C=O) groups excluding carboxylic acids is 2. The molecule has 26 heavy (non-hydrogen) atoms. The van der Waals surface area contributed by atoms with Gasteiger partial charge in [-0.3, -0.25) is 9.59 Å². The van der Waals surface area contributed by atoms with Gasteiger partial charge >= 0.3 is 0 Å². The average molecular weight is 382 g/mol. The number of methoxy groups -OCH3 is 1. The molecule has 0 saturated carbocycles. The van der Waals surface area contributed by atoms with E-state index in [1.165, 1.54) is 11.4 Å². The highest BCUT2D eigenvalue weighted by Crippen LogP contribution is 2.15. The standard InChI is InChI=1S/C18H26N2O5S/c1-25-16-7-5-6-15(14-16)17(21)8-9-18(22)19-10-13-26(23,24)20-11-3-2-4-12-20/h5-7,14H,2-4,8-13H2,1H3,(H,19,22). The van der Waals surface area contributed by atoms with E-state index >= 15 is 0 Å². The number of rotatable bonds is 9. The van der Waals surface area contributed by atoms with Crippen LogP contribution in [0.5, 0.6) is 5.75 Å². The van der Waals surface area contributed by atoms with E-state index in [0.29, 0.717) is 24.4 Å². The molecular formula is C18H26N2O5S. The zero-order valence-electron chi connectivity index (χ0n) is 15.1. The second-order valence-corrected chi connectivity index (χ2v) is 8.37. The molecule has 144 valence electrons. The van der Waals surface area contributed by atoms with Crippen LogP contribution in [0.25, 0.3) is 0 Å². The molecule has 1 heterocycles. The topological polar surface area (TPSA) is 92.8 Å². The summed E-state index contributed by atoms with van der Waals surface area (Å²) in [4.78, 5) is 24.0. The zero-order valence-corrected chi connectivity index (χ0v) is 15.9. The maximum absolute atomic E-state index is 12.2. The van der Waals surface area contributed by atoms with Crippen LogP contribution in [-0.4, -0.2) is 56.9 Å². The van der Waals surface area contributed by atoms with E-state index in [1.807, 2.05) is 0 Å². The summed E-state index contributed by atoms with van der Waals surface area (Å²) >= 11 is 0. The zero-order chi connectivity index (χ0) is 19.0. The fourth-order valence-corrected chi connectivity index (χ4v) is 4.28. The molecule has 1 fully saturated rings. The van der Waals surface area contributed by atoms with Gasteiger partial charge in [0.25, 0.3) is 0 Å². The molecular weight excluding hydrogens is 356 g/mol. The summed E-state index contributed by atoms with van der Waals surface area (Å²) in [5.41, 5.74) is 0.491.